The van der Waals surface area contributed by atoms with Gasteiger partial charge in [-0.3, -0.25) is 4.79 Å². The van der Waals surface area contributed by atoms with Gasteiger partial charge in [0.1, 0.15) is 73.2 Å². The van der Waals surface area contributed by atoms with Gasteiger partial charge in [0, 0.05) is 18.4 Å². The van der Waals surface area contributed by atoms with Crippen LogP contribution in [0.3, 0.4) is 0 Å². The number of nitrogens with one attached hydrogen (secondary N) is 1. The number of hydrogen-bond donors (Lipinski definition) is 10. The van der Waals surface area contributed by atoms with Crippen molar-refractivity contribution in [1.82, 2.24) is 5.32 Å². The van der Waals surface area contributed by atoms with Crippen molar-refractivity contribution in [2.24, 2.45) is 5.11 Å². The fourth-order valence-corrected chi connectivity index (χ4v) is 5.28. The molecule has 0 aromatic carbocycles. The summed E-state index contributed by atoms with van der Waals surface area (Å²) in [4.78, 5) is 14.4. The van der Waals surface area contributed by atoms with Crippen molar-refractivity contribution in [3.8, 4) is 0 Å². The molecule has 3 saturated heterocycles. The van der Waals surface area contributed by atoms with E-state index in [0.717, 1.165) is 6.92 Å². The molecule has 3 rings (SSSR count). The van der Waals surface area contributed by atoms with Gasteiger partial charge in [-0.05, 0) is 5.53 Å². The van der Waals surface area contributed by atoms with Crippen LogP contribution in [0.2, 0.25) is 0 Å². The van der Waals surface area contributed by atoms with Gasteiger partial charge in [-0.2, -0.15) is 0 Å². The van der Waals surface area contributed by atoms with Crippen LogP contribution in [0.1, 0.15) is 6.92 Å². The second-order valence-electron chi connectivity index (χ2n) is 11.1. The first-order valence-corrected chi connectivity index (χ1v) is 15.2. The normalized spacial score (nSPS) is 40.2. The fraction of sp³-hybridized carbons (Fsp3) is 0.962. The minimum Gasteiger partial charge on any atom is -0.394 e. The van der Waals surface area contributed by atoms with E-state index in [4.69, 9.17) is 43.4 Å². The number of rotatable bonds is 18. The van der Waals surface area contributed by atoms with E-state index >= 15 is 0 Å². The van der Waals surface area contributed by atoms with Crippen LogP contribution >= 0.6 is 0 Å². The van der Waals surface area contributed by atoms with E-state index < -0.39 is 118 Å². The van der Waals surface area contributed by atoms with E-state index in [-0.39, 0.29) is 39.6 Å². The van der Waals surface area contributed by atoms with E-state index in [2.05, 4.69) is 15.3 Å². The average Bonchev–Trinajstić information content (AvgIpc) is 3.07. The van der Waals surface area contributed by atoms with Crippen molar-refractivity contribution < 1.29 is 88.6 Å². The summed E-state index contributed by atoms with van der Waals surface area (Å²) >= 11 is 0. The van der Waals surface area contributed by atoms with Crippen LogP contribution in [0.5, 0.6) is 0 Å². The molecule has 278 valence electrons. The highest BCUT2D eigenvalue weighted by atomic mass is 16.8. The largest absolute Gasteiger partial charge is 0.394 e. The van der Waals surface area contributed by atoms with Crippen molar-refractivity contribution >= 4 is 5.91 Å². The summed E-state index contributed by atoms with van der Waals surface area (Å²) in [5, 5.41) is 99.6. The number of azide groups is 1. The predicted octanol–water partition coefficient (Wildman–Crippen LogP) is -6.06. The number of carbonyl (C=O) groups excluding carboxylic acids is 1. The highest BCUT2D eigenvalue weighted by molar-refractivity contribution is 5.73. The van der Waals surface area contributed by atoms with Crippen molar-refractivity contribution in [2.45, 2.75) is 99.0 Å². The van der Waals surface area contributed by atoms with Crippen molar-refractivity contribution in [3.63, 3.8) is 0 Å². The summed E-state index contributed by atoms with van der Waals surface area (Å²) in [6.45, 7) is -0.483. The first-order chi connectivity index (χ1) is 23.0. The average molecular weight is 703 g/mol. The molecule has 0 radical (unpaired) electrons. The molecule has 0 bridgehead atoms. The lowest BCUT2D eigenvalue weighted by molar-refractivity contribution is -0.375. The Balaban J connectivity index is 1.63. The molecule has 0 spiro atoms. The highest BCUT2D eigenvalue weighted by Gasteiger charge is 2.54. The fourth-order valence-electron chi connectivity index (χ4n) is 5.28. The van der Waals surface area contributed by atoms with Gasteiger partial charge in [0.25, 0.3) is 0 Å². The molecule has 15 atom stereocenters. The topological polar surface area (TPSA) is 334 Å². The van der Waals surface area contributed by atoms with Crippen molar-refractivity contribution in [3.05, 3.63) is 10.4 Å². The third-order valence-electron chi connectivity index (χ3n) is 7.76. The summed E-state index contributed by atoms with van der Waals surface area (Å²) in [5.41, 5.74) is 8.21. The molecular weight excluding hydrogens is 656 g/mol. The first-order valence-electron chi connectivity index (χ1n) is 15.2. The molecule has 3 heterocycles. The van der Waals surface area contributed by atoms with Gasteiger partial charge in [0.15, 0.2) is 18.9 Å². The van der Waals surface area contributed by atoms with Crippen LogP contribution in [0.4, 0.5) is 0 Å². The standard InChI is InChI=1S/C26H46N4O18/c1-11(34)29-15-18(37)16(35)12(8-31)44-24(15)48-23-17(36)13(9-32)45-26(21(23)40)47-22-14(10-33)46-25(20(39)19(22)38)43-7-6-42-5-4-41-3-2-28-30-27/h12-26,31-33,35-40H,2-10H2,1H3,(H,29,34)/t12-,13-,14-,15-,16-,17+,18-,19-,20-,21-,22-,23+,24+,25-,26+/m1/s1. The molecule has 0 unspecified atom stereocenters. The number of amides is 1. The number of hydrogen-bond acceptors (Lipinski definition) is 19. The Bertz CT molecular complexity index is 1010. The summed E-state index contributed by atoms with van der Waals surface area (Å²) in [6, 6.07) is -1.44. The molecule has 22 nitrogen and oxygen atoms in total. The van der Waals surface area contributed by atoms with Crippen LogP contribution in [-0.4, -0.2) is 203 Å². The first kappa shape index (κ1) is 40.5. The molecular formula is C26H46N4O18. The SMILES string of the molecule is CC(=O)N[C@H]1[C@H](O[C@H]2[C@@H](O)[C@@H](CO)O[C@@H](O[C@H]3[C@H](O)[C@@H](O)[C@H](OCCOCCOCCN=[N+]=[N-])O[C@@H]3CO)[C@@H]2O)O[C@H](CO)[C@@H](O)[C@@H]1O. The minimum absolute atomic E-state index is 0.0447. The minimum atomic E-state index is -1.93. The van der Waals surface area contributed by atoms with Crippen molar-refractivity contribution in [2.75, 3.05) is 59.4 Å². The van der Waals surface area contributed by atoms with Gasteiger partial charge in [-0.1, -0.05) is 5.11 Å². The number of aliphatic hydroxyl groups excluding tert-OH is 9. The van der Waals surface area contributed by atoms with Crippen LogP contribution in [0, 0.1) is 0 Å². The van der Waals surface area contributed by atoms with Crippen LogP contribution in [0.15, 0.2) is 5.11 Å². The Morgan fingerprint density at radius 3 is 1.88 bits per heavy atom. The maximum atomic E-state index is 11.8. The zero-order valence-corrected chi connectivity index (χ0v) is 26.1. The van der Waals surface area contributed by atoms with Crippen LogP contribution in [0.25, 0.3) is 10.4 Å². The smallest absolute Gasteiger partial charge is 0.217 e. The number of ether oxygens (including phenoxy) is 8. The molecule has 3 aliphatic rings. The predicted molar refractivity (Wildman–Crippen MR) is 152 cm³/mol. The molecule has 0 aromatic heterocycles. The van der Waals surface area contributed by atoms with E-state index in [1.54, 1.807) is 0 Å². The van der Waals surface area contributed by atoms with Gasteiger partial charge >= 0.3 is 0 Å². The molecule has 0 aliphatic carbocycles. The summed E-state index contributed by atoms with van der Waals surface area (Å²) < 4.78 is 44.0. The molecule has 10 N–H and O–H groups in total. The Morgan fingerprint density at radius 1 is 0.688 bits per heavy atom. The maximum Gasteiger partial charge on any atom is 0.217 e. The third-order valence-corrected chi connectivity index (χ3v) is 7.76. The lowest BCUT2D eigenvalue weighted by Crippen LogP contribution is -2.68. The molecule has 22 heteroatoms. The molecule has 1 amide bonds. The number of carbonyl (C=O) groups is 1. The van der Waals surface area contributed by atoms with E-state index in [1.165, 1.54) is 0 Å². The highest BCUT2D eigenvalue weighted by Crippen LogP contribution is 2.32. The van der Waals surface area contributed by atoms with Crippen LogP contribution in [-0.2, 0) is 42.7 Å². The summed E-state index contributed by atoms with van der Waals surface area (Å²) in [6.07, 6.45) is -23.0. The second kappa shape index (κ2) is 20.1. The van der Waals surface area contributed by atoms with Gasteiger partial charge in [-0.25, -0.2) is 0 Å². The maximum absolute atomic E-state index is 11.8. The number of nitrogens with zero attached hydrogens (tertiary/aromatic N) is 3. The summed E-state index contributed by atoms with van der Waals surface area (Å²) in [7, 11) is 0. The molecule has 0 aromatic rings. The monoisotopic (exact) mass is 702 g/mol. The van der Waals surface area contributed by atoms with Gasteiger partial charge in [0.2, 0.25) is 5.91 Å². The number of aliphatic hydroxyl groups is 9. The Morgan fingerprint density at radius 2 is 1.25 bits per heavy atom. The second-order valence-corrected chi connectivity index (χ2v) is 11.1. The van der Waals surface area contributed by atoms with Gasteiger partial charge in [-0.15, -0.1) is 0 Å². The Labute approximate surface area is 274 Å². The summed E-state index contributed by atoms with van der Waals surface area (Å²) in [5.74, 6) is -0.659. The molecule has 3 fully saturated rings. The lowest BCUT2D eigenvalue weighted by Gasteiger charge is -2.48. The van der Waals surface area contributed by atoms with Crippen LogP contribution < -0.4 is 5.32 Å². The molecule has 0 saturated carbocycles. The van der Waals surface area contributed by atoms with Gasteiger partial charge < -0.3 is 89.2 Å². The van der Waals surface area contributed by atoms with E-state index in [9.17, 15) is 50.8 Å². The third kappa shape index (κ3) is 10.6. The zero-order valence-electron chi connectivity index (χ0n) is 26.1. The Kier molecular flexibility index (Phi) is 17.0. The zero-order chi connectivity index (χ0) is 35.4. The Hall–Kier alpha value is -1.90. The molecule has 48 heavy (non-hydrogen) atoms. The van der Waals surface area contributed by atoms with E-state index in [0.29, 0.717) is 0 Å². The van der Waals surface area contributed by atoms with Crippen molar-refractivity contribution in [1.29, 1.82) is 0 Å². The van der Waals surface area contributed by atoms with E-state index in [1.807, 2.05) is 0 Å². The quantitative estimate of drug-likeness (QED) is 0.0275. The molecule has 3 aliphatic heterocycles. The lowest BCUT2D eigenvalue weighted by atomic mass is 9.95. The van der Waals surface area contributed by atoms with Gasteiger partial charge in [0.05, 0.1) is 52.9 Å².